The van der Waals surface area contributed by atoms with Crippen LogP contribution in [0.15, 0.2) is 54.6 Å². The molecule has 69 heavy (non-hydrogen) atoms. The molecule has 0 radical (unpaired) electrons. The normalized spacial score (nSPS) is 16.2. The number of nitrogens with two attached hydrogens (primary N) is 4. The number of hydrogen-bond acceptors (Lipinski definition) is 15. The number of primary amides is 2. The number of likely N-dealkylation sites (tertiary alicyclic amines) is 1. The van der Waals surface area contributed by atoms with Gasteiger partial charge < -0.3 is 69.9 Å². The second-order valence-electron chi connectivity index (χ2n) is 16.4. The maximum Gasteiger partial charge on any atom is 0.326 e. The number of phenols is 1. The van der Waals surface area contributed by atoms with E-state index in [-0.39, 0.29) is 49.5 Å². The smallest absolute Gasteiger partial charge is 0.326 e. The van der Waals surface area contributed by atoms with E-state index in [4.69, 9.17) is 22.9 Å². The number of benzene rings is 2. The minimum atomic E-state index is -1.77. The third-order valence-electron chi connectivity index (χ3n) is 11.0. The van der Waals surface area contributed by atoms with E-state index in [1.54, 1.807) is 30.3 Å². The number of amides is 9. The van der Waals surface area contributed by atoms with Crippen molar-refractivity contribution >= 4 is 84.4 Å². The molecule has 9 amide bonds. The SMILES string of the molecule is NCCCC[C@H](NC(=O)[C@@H]1CCCN1C(=O)[C@H](CS)NC(=O)[C@H](CC(N)=O)NC(=O)[C@H](CCC(N)=O)NC(=O)[C@H](Cc1ccccc1)NC(=O)[C@H](Cc1ccc(O)cc1)NC(=O)[C@@H](N)CS)C(=O)O. The Kier molecular flexibility index (Phi) is 23.7. The number of nitrogens with zero attached hydrogens (tertiary/aromatic N) is 1. The van der Waals surface area contributed by atoms with Gasteiger partial charge in [0.25, 0.3) is 0 Å². The van der Waals surface area contributed by atoms with Gasteiger partial charge >= 0.3 is 5.97 Å². The number of thiol groups is 2. The van der Waals surface area contributed by atoms with Gasteiger partial charge in [-0.05, 0) is 68.3 Å². The number of phenolic OH excluding ortho intramolecular Hbond substituents is 1. The lowest BCUT2D eigenvalue weighted by Crippen LogP contribution is -2.61. The molecule has 16 N–H and O–H groups in total. The summed E-state index contributed by atoms with van der Waals surface area (Å²) in [4.78, 5) is 133. The molecule has 2 aromatic rings. The zero-order chi connectivity index (χ0) is 51.2. The fourth-order valence-corrected chi connectivity index (χ4v) is 7.67. The third kappa shape index (κ3) is 18.9. The molecule has 0 bridgehead atoms. The average molecular weight is 1000 g/mol. The Morgan fingerprint density at radius 3 is 1.72 bits per heavy atom. The van der Waals surface area contributed by atoms with Crippen molar-refractivity contribution in [3.05, 3.63) is 65.7 Å². The van der Waals surface area contributed by atoms with E-state index in [1.807, 2.05) is 0 Å². The largest absolute Gasteiger partial charge is 0.508 e. The molecule has 0 saturated carbocycles. The van der Waals surface area contributed by atoms with Crippen LogP contribution in [0.3, 0.4) is 0 Å². The van der Waals surface area contributed by atoms with E-state index in [0.29, 0.717) is 36.9 Å². The Balaban J connectivity index is 1.86. The zero-order valence-electron chi connectivity index (χ0n) is 37.8. The van der Waals surface area contributed by atoms with Gasteiger partial charge in [-0.15, -0.1) is 0 Å². The lowest BCUT2D eigenvalue weighted by molar-refractivity contribution is -0.145. The number of carboxylic acids is 1. The molecule has 1 saturated heterocycles. The van der Waals surface area contributed by atoms with E-state index in [1.165, 1.54) is 29.2 Å². The second kappa shape index (κ2) is 28.8. The molecule has 2 aromatic carbocycles. The monoisotopic (exact) mass is 1000 g/mol. The van der Waals surface area contributed by atoms with Crippen molar-refractivity contribution in [2.75, 3.05) is 24.6 Å². The maximum absolute atomic E-state index is 14.2. The van der Waals surface area contributed by atoms with E-state index in [0.717, 1.165) is 0 Å². The summed E-state index contributed by atoms with van der Waals surface area (Å²) >= 11 is 8.28. The highest BCUT2D eigenvalue weighted by Crippen LogP contribution is 2.20. The minimum Gasteiger partial charge on any atom is -0.508 e. The summed E-state index contributed by atoms with van der Waals surface area (Å²) in [5, 5.41) is 34.4. The molecule has 23 nitrogen and oxygen atoms in total. The molecular weight excluding hydrogens is 939 g/mol. The number of aromatic hydroxyl groups is 1. The van der Waals surface area contributed by atoms with Crippen molar-refractivity contribution in [1.82, 2.24) is 36.8 Å². The topological polar surface area (TPSA) is 391 Å². The lowest BCUT2D eigenvalue weighted by atomic mass is 10.0. The number of aliphatic carboxylic acids is 1. The first-order valence-electron chi connectivity index (χ1n) is 22.2. The summed E-state index contributed by atoms with van der Waals surface area (Å²) in [6.45, 7) is 0.410. The molecule has 378 valence electrons. The van der Waals surface area contributed by atoms with Gasteiger partial charge in [-0.25, -0.2) is 4.79 Å². The van der Waals surface area contributed by atoms with Crippen LogP contribution in [0.4, 0.5) is 0 Å². The molecule has 0 spiro atoms. The van der Waals surface area contributed by atoms with Crippen molar-refractivity contribution in [2.45, 2.75) is 113 Å². The predicted molar refractivity (Wildman–Crippen MR) is 257 cm³/mol. The predicted octanol–water partition coefficient (Wildman–Crippen LogP) is -3.38. The Labute approximate surface area is 409 Å². The second-order valence-corrected chi connectivity index (χ2v) is 17.1. The Bertz CT molecular complexity index is 2120. The van der Waals surface area contributed by atoms with Gasteiger partial charge in [-0.2, -0.15) is 25.3 Å². The van der Waals surface area contributed by atoms with Crippen molar-refractivity contribution < 1.29 is 58.2 Å². The number of unbranched alkanes of at least 4 members (excludes halogenated alkanes) is 1. The first-order valence-corrected chi connectivity index (χ1v) is 23.5. The zero-order valence-corrected chi connectivity index (χ0v) is 39.6. The van der Waals surface area contributed by atoms with Crippen LogP contribution in [0.2, 0.25) is 0 Å². The highest BCUT2D eigenvalue weighted by molar-refractivity contribution is 7.80. The van der Waals surface area contributed by atoms with E-state index >= 15 is 0 Å². The molecule has 0 aromatic heterocycles. The van der Waals surface area contributed by atoms with E-state index < -0.39 is 127 Å². The first-order chi connectivity index (χ1) is 32.8. The summed E-state index contributed by atoms with van der Waals surface area (Å²) in [5.41, 5.74) is 23.3. The van der Waals surface area contributed by atoms with Gasteiger partial charge in [-0.3, -0.25) is 43.2 Å². The summed E-state index contributed by atoms with van der Waals surface area (Å²) < 4.78 is 0. The summed E-state index contributed by atoms with van der Waals surface area (Å²) in [6, 6.07) is 3.20. The molecule has 1 aliphatic heterocycles. The van der Waals surface area contributed by atoms with Crippen molar-refractivity contribution in [3.8, 4) is 5.75 Å². The van der Waals surface area contributed by atoms with Crippen LogP contribution < -0.4 is 54.8 Å². The molecule has 1 heterocycles. The molecule has 1 aliphatic rings. The Hall–Kier alpha value is -6.44. The summed E-state index contributed by atoms with van der Waals surface area (Å²) in [7, 11) is 0. The van der Waals surface area contributed by atoms with E-state index in [9.17, 15) is 58.2 Å². The number of carbonyl (C=O) groups excluding carboxylic acids is 9. The average Bonchev–Trinajstić information content (AvgIpc) is 3.81. The fraction of sp³-hybridized carbons (Fsp3) is 0.500. The Morgan fingerprint density at radius 1 is 0.638 bits per heavy atom. The van der Waals surface area contributed by atoms with Crippen LogP contribution in [-0.2, 0) is 60.8 Å². The highest BCUT2D eigenvalue weighted by atomic mass is 32.1. The van der Waals surface area contributed by atoms with Gasteiger partial charge in [-0.1, -0.05) is 42.5 Å². The molecule has 8 atom stereocenters. The summed E-state index contributed by atoms with van der Waals surface area (Å²) in [5.74, 6) is -9.81. The Morgan fingerprint density at radius 2 is 1.17 bits per heavy atom. The van der Waals surface area contributed by atoms with Crippen LogP contribution in [0.25, 0.3) is 0 Å². The van der Waals surface area contributed by atoms with Crippen LogP contribution in [0.1, 0.15) is 62.5 Å². The first kappa shape index (κ1) is 56.9. The van der Waals surface area contributed by atoms with Crippen LogP contribution in [0.5, 0.6) is 5.75 Å². The number of carbonyl (C=O) groups is 10. The number of rotatable bonds is 29. The summed E-state index contributed by atoms with van der Waals surface area (Å²) in [6.07, 6.45) is -0.331. The van der Waals surface area contributed by atoms with Gasteiger partial charge in [0.05, 0.1) is 12.5 Å². The minimum absolute atomic E-state index is 0.0486. The van der Waals surface area contributed by atoms with Gasteiger partial charge in [0.1, 0.15) is 48.0 Å². The number of hydrogen-bond donors (Lipinski definition) is 14. The van der Waals surface area contributed by atoms with Crippen molar-refractivity contribution in [3.63, 3.8) is 0 Å². The standard InChI is InChI=1S/C44H63N11O12S2/c45-17-5-4-9-29(44(66)67)50-42(64)34-10-6-18-55(34)43(65)33(23-69)54-41(63)32(21-36(48)58)53-38(60)28(15-16-35(47)57)49-39(61)31(19-24-7-2-1-3-8-24)52-40(62)30(51-37(59)27(46)22-68)20-25-11-13-26(56)14-12-25/h1-3,7-8,11-14,27-34,56,68-69H,4-6,9-10,15-23,45-46H2,(H2,47,57)(H2,48,58)(H,49,61)(H,50,64)(H,51,59)(H,52,62)(H,53,60)(H,54,63)(H,66,67)/t27-,28-,29-,30-,31-,32-,33-,34-/m0/s1. The molecule has 3 rings (SSSR count). The molecule has 25 heteroatoms. The van der Waals surface area contributed by atoms with Crippen LogP contribution in [-0.4, -0.2) is 147 Å². The molecule has 0 unspecified atom stereocenters. The highest BCUT2D eigenvalue weighted by Gasteiger charge is 2.40. The maximum atomic E-state index is 14.2. The third-order valence-corrected chi connectivity index (χ3v) is 11.8. The molecule has 1 fully saturated rings. The van der Waals surface area contributed by atoms with Gasteiger partial charge in [0, 0.05) is 37.3 Å². The molecular formula is C44H63N11O12S2. The molecule has 0 aliphatic carbocycles. The van der Waals surface area contributed by atoms with Gasteiger partial charge in [0.2, 0.25) is 53.2 Å². The number of nitrogens with one attached hydrogen (secondary N) is 6. The van der Waals surface area contributed by atoms with E-state index in [2.05, 4.69) is 57.2 Å². The van der Waals surface area contributed by atoms with Crippen LogP contribution in [0, 0.1) is 0 Å². The number of carboxylic acid groups (broad SMARTS) is 1. The fourth-order valence-electron chi connectivity index (χ4n) is 7.26. The van der Waals surface area contributed by atoms with Crippen molar-refractivity contribution in [1.29, 1.82) is 0 Å². The van der Waals surface area contributed by atoms with Crippen molar-refractivity contribution in [2.24, 2.45) is 22.9 Å². The van der Waals surface area contributed by atoms with Gasteiger partial charge in [0.15, 0.2) is 0 Å². The van der Waals surface area contributed by atoms with Crippen LogP contribution >= 0.6 is 25.3 Å². The quantitative estimate of drug-likeness (QED) is 0.0280. The lowest BCUT2D eigenvalue weighted by Gasteiger charge is -2.30.